The maximum atomic E-state index is 5.79. The fourth-order valence-electron chi connectivity index (χ4n) is 1.89. The number of aryl methyl sites for hydroxylation is 1. The van der Waals surface area contributed by atoms with Crippen molar-refractivity contribution in [2.24, 2.45) is 0 Å². The van der Waals surface area contributed by atoms with Gasteiger partial charge in [0.15, 0.2) is 0 Å². The fourth-order valence-corrected chi connectivity index (χ4v) is 2.07. The van der Waals surface area contributed by atoms with E-state index in [0.29, 0.717) is 5.88 Å². The van der Waals surface area contributed by atoms with Gasteiger partial charge in [-0.3, -0.25) is 0 Å². The third kappa shape index (κ3) is 4.29. The van der Waals surface area contributed by atoms with Crippen molar-refractivity contribution < 1.29 is 4.74 Å². The minimum Gasteiger partial charge on any atom is -0.457 e. The van der Waals surface area contributed by atoms with E-state index in [1.54, 1.807) is 0 Å². The molecule has 0 aliphatic heterocycles. The summed E-state index contributed by atoms with van der Waals surface area (Å²) in [6.45, 7) is 2.21. The van der Waals surface area contributed by atoms with Gasteiger partial charge in [0.25, 0.3) is 0 Å². The van der Waals surface area contributed by atoms with E-state index >= 15 is 0 Å². The Labute approximate surface area is 120 Å². The highest BCUT2D eigenvalue weighted by Crippen LogP contribution is 2.22. The van der Waals surface area contributed by atoms with Crippen molar-refractivity contribution in [3.8, 4) is 11.5 Å². The molecule has 0 aliphatic carbocycles. The molecule has 0 fully saturated rings. The molecule has 100 valence electrons. The van der Waals surface area contributed by atoms with Crippen LogP contribution >= 0.6 is 11.6 Å². The first-order valence-corrected chi connectivity index (χ1v) is 7.27. The highest BCUT2D eigenvalue weighted by molar-refractivity contribution is 6.17. The number of benzene rings is 2. The van der Waals surface area contributed by atoms with E-state index in [1.807, 2.05) is 36.4 Å². The van der Waals surface area contributed by atoms with Gasteiger partial charge in [-0.1, -0.05) is 37.6 Å². The summed E-state index contributed by atoms with van der Waals surface area (Å²) in [5, 5.41) is 0. The van der Waals surface area contributed by atoms with E-state index in [0.717, 1.165) is 23.5 Å². The van der Waals surface area contributed by atoms with Crippen molar-refractivity contribution in [2.75, 3.05) is 0 Å². The Kier molecular flexibility index (Phi) is 5.29. The minimum atomic E-state index is 0.534. The van der Waals surface area contributed by atoms with Crippen LogP contribution in [0.2, 0.25) is 0 Å². The monoisotopic (exact) mass is 274 g/mol. The predicted octanol–water partition coefficient (Wildman–Crippen LogP) is 5.56. The third-order valence-electron chi connectivity index (χ3n) is 3.06. The molecule has 0 spiro atoms. The van der Waals surface area contributed by atoms with E-state index in [-0.39, 0.29) is 0 Å². The summed E-state index contributed by atoms with van der Waals surface area (Å²) in [5.41, 5.74) is 2.47. The van der Waals surface area contributed by atoms with Gasteiger partial charge < -0.3 is 4.74 Å². The lowest BCUT2D eigenvalue weighted by Crippen LogP contribution is -1.87. The van der Waals surface area contributed by atoms with Crippen LogP contribution in [0.25, 0.3) is 0 Å². The molecule has 0 N–H and O–H groups in total. The predicted molar refractivity (Wildman–Crippen MR) is 81.1 cm³/mol. The average Bonchev–Trinajstić information content (AvgIpc) is 2.47. The molecule has 1 nitrogen and oxygen atoms in total. The van der Waals surface area contributed by atoms with E-state index in [2.05, 4.69) is 19.1 Å². The molecule has 0 amide bonds. The molecule has 0 aliphatic rings. The van der Waals surface area contributed by atoms with Gasteiger partial charge in [-0.05, 0) is 48.2 Å². The van der Waals surface area contributed by atoms with Gasteiger partial charge in [0.05, 0.1) is 0 Å². The van der Waals surface area contributed by atoms with Crippen LogP contribution in [0.3, 0.4) is 0 Å². The van der Waals surface area contributed by atoms with Crippen LogP contribution in [0.5, 0.6) is 11.5 Å². The molecule has 0 heterocycles. The number of hydrogen-bond acceptors (Lipinski definition) is 1. The number of ether oxygens (including phenoxy) is 1. The summed E-state index contributed by atoms with van der Waals surface area (Å²) < 4.78 is 5.79. The van der Waals surface area contributed by atoms with Crippen LogP contribution in [0.1, 0.15) is 30.9 Å². The number of hydrogen-bond donors (Lipinski definition) is 0. The van der Waals surface area contributed by atoms with E-state index in [4.69, 9.17) is 16.3 Å². The first-order valence-electron chi connectivity index (χ1n) is 6.73. The zero-order valence-corrected chi connectivity index (χ0v) is 12.0. The van der Waals surface area contributed by atoms with Crippen molar-refractivity contribution in [3.05, 3.63) is 59.7 Å². The van der Waals surface area contributed by atoms with Gasteiger partial charge in [0.2, 0.25) is 0 Å². The summed E-state index contributed by atoms with van der Waals surface area (Å²) in [7, 11) is 0. The summed E-state index contributed by atoms with van der Waals surface area (Å²) in [6, 6.07) is 16.2. The summed E-state index contributed by atoms with van der Waals surface area (Å²) in [6.07, 6.45) is 3.60. The molecule has 19 heavy (non-hydrogen) atoms. The standard InChI is InChI=1S/C17H19ClO/c1-2-3-4-14-5-9-16(10-6-14)19-17-11-7-15(13-18)8-12-17/h5-12H,2-4,13H2,1H3. The Hall–Kier alpha value is -1.47. The molecular formula is C17H19ClO. The Bertz CT molecular complexity index is 488. The highest BCUT2D eigenvalue weighted by atomic mass is 35.5. The average molecular weight is 275 g/mol. The largest absolute Gasteiger partial charge is 0.457 e. The molecule has 0 saturated carbocycles. The molecule has 2 aromatic carbocycles. The maximum Gasteiger partial charge on any atom is 0.127 e. The van der Waals surface area contributed by atoms with Gasteiger partial charge >= 0.3 is 0 Å². The lowest BCUT2D eigenvalue weighted by atomic mass is 10.1. The summed E-state index contributed by atoms with van der Waals surface area (Å²) in [5.74, 6) is 2.25. The van der Waals surface area contributed by atoms with Crippen LogP contribution in [-0.4, -0.2) is 0 Å². The highest BCUT2D eigenvalue weighted by Gasteiger charge is 1.98. The maximum absolute atomic E-state index is 5.79. The number of halogens is 1. The Morgan fingerprint density at radius 1 is 0.842 bits per heavy atom. The topological polar surface area (TPSA) is 9.23 Å². The van der Waals surface area contributed by atoms with Gasteiger partial charge in [-0.25, -0.2) is 0 Å². The molecule has 0 unspecified atom stereocenters. The smallest absolute Gasteiger partial charge is 0.127 e. The first-order chi connectivity index (χ1) is 9.31. The van der Waals surface area contributed by atoms with Crippen molar-refractivity contribution in [1.29, 1.82) is 0 Å². The van der Waals surface area contributed by atoms with Gasteiger partial charge in [0, 0.05) is 5.88 Å². The minimum absolute atomic E-state index is 0.534. The Morgan fingerprint density at radius 2 is 1.37 bits per heavy atom. The van der Waals surface area contributed by atoms with E-state index < -0.39 is 0 Å². The quantitative estimate of drug-likeness (QED) is 0.627. The van der Waals surface area contributed by atoms with Gasteiger partial charge in [-0.15, -0.1) is 11.6 Å². The second kappa shape index (κ2) is 7.20. The van der Waals surface area contributed by atoms with Crippen molar-refractivity contribution in [3.63, 3.8) is 0 Å². The van der Waals surface area contributed by atoms with Crippen molar-refractivity contribution in [2.45, 2.75) is 32.1 Å². The second-order valence-electron chi connectivity index (χ2n) is 4.63. The third-order valence-corrected chi connectivity index (χ3v) is 3.36. The Balaban J connectivity index is 1.98. The molecule has 2 heteroatoms. The molecule has 0 atom stereocenters. The van der Waals surface area contributed by atoms with Gasteiger partial charge in [0.1, 0.15) is 11.5 Å². The number of alkyl halides is 1. The van der Waals surface area contributed by atoms with Crippen LogP contribution in [-0.2, 0) is 12.3 Å². The molecule has 0 saturated heterocycles. The van der Waals surface area contributed by atoms with Crippen molar-refractivity contribution >= 4 is 11.6 Å². The second-order valence-corrected chi connectivity index (χ2v) is 4.89. The first kappa shape index (κ1) is 14.0. The van der Waals surface area contributed by atoms with E-state index in [9.17, 15) is 0 Å². The van der Waals surface area contributed by atoms with Crippen LogP contribution < -0.4 is 4.74 Å². The molecule has 2 rings (SSSR count). The molecule has 0 aromatic heterocycles. The van der Waals surface area contributed by atoms with Crippen LogP contribution in [0, 0.1) is 0 Å². The van der Waals surface area contributed by atoms with Crippen LogP contribution in [0.15, 0.2) is 48.5 Å². The summed E-state index contributed by atoms with van der Waals surface area (Å²) >= 11 is 5.76. The van der Waals surface area contributed by atoms with Gasteiger partial charge in [-0.2, -0.15) is 0 Å². The molecule has 2 aromatic rings. The fraction of sp³-hybridized carbons (Fsp3) is 0.294. The summed E-state index contributed by atoms with van der Waals surface area (Å²) in [4.78, 5) is 0. The lowest BCUT2D eigenvalue weighted by molar-refractivity contribution is 0.482. The zero-order valence-electron chi connectivity index (χ0n) is 11.2. The normalized spacial score (nSPS) is 10.4. The molecular weight excluding hydrogens is 256 g/mol. The SMILES string of the molecule is CCCCc1ccc(Oc2ccc(CCl)cc2)cc1. The molecule has 0 radical (unpaired) electrons. The van der Waals surface area contributed by atoms with Crippen LogP contribution in [0.4, 0.5) is 0 Å². The number of unbranched alkanes of at least 4 members (excludes halogenated alkanes) is 1. The number of rotatable bonds is 6. The van der Waals surface area contributed by atoms with E-state index in [1.165, 1.54) is 18.4 Å². The zero-order chi connectivity index (χ0) is 13.5. The lowest BCUT2D eigenvalue weighted by Gasteiger charge is -2.07. The Morgan fingerprint density at radius 3 is 1.84 bits per heavy atom. The molecule has 0 bridgehead atoms. The van der Waals surface area contributed by atoms with Crippen molar-refractivity contribution in [1.82, 2.24) is 0 Å².